The van der Waals surface area contributed by atoms with Gasteiger partial charge in [-0.2, -0.15) is 0 Å². The van der Waals surface area contributed by atoms with E-state index >= 15 is 0 Å². The first kappa shape index (κ1) is 17.0. The molecule has 2 aliphatic rings. The van der Waals surface area contributed by atoms with Crippen LogP contribution in [-0.2, 0) is 20.0 Å². The molecule has 0 aromatic carbocycles. The van der Waals surface area contributed by atoms with Crippen molar-refractivity contribution in [2.75, 3.05) is 25.1 Å². The molecule has 1 atom stereocenters. The molecule has 6 nitrogen and oxygen atoms in total. The van der Waals surface area contributed by atoms with Crippen LogP contribution in [0.3, 0.4) is 0 Å². The summed E-state index contributed by atoms with van der Waals surface area (Å²) in [5, 5.41) is 0. The van der Waals surface area contributed by atoms with Crippen molar-refractivity contribution < 1.29 is 25.6 Å². The van der Waals surface area contributed by atoms with E-state index in [9.17, 15) is 25.6 Å². The Morgan fingerprint density at radius 3 is 2.38 bits per heavy atom. The van der Waals surface area contributed by atoms with Crippen molar-refractivity contribution in [3.63, 3.8) is 0 Å². The third-order valence-electron chi connectivity index (χ3n) is 3.83. The smallest absolute Gasteiger partial charge is 0.213 e. The predicted octanol–water partition coefficient (Wildman–Crippen LogP) is 0.375. The van der Waals surface area contributed by atoms with Crippen molar-refractivity contribution in [2.24, 2.45) is 5.92 Å². The van der Waals surface area contributed by atoms with Crippen LogP contribution >= 0.6 is 0 Å². The van der Waals surface area contributed by atoms with Crippen LogP contribution in [0.25, 0.3) is 0 Å². The van der Waals surface area contributed by atoms with Crippen molar-refractivity contribution in [1.82, 2.24) is 9.03 Å². The van der Waals surface area contributed by atoms with Gasteiger partial charge >= 0.3 is 0 Å². The van der Waals surface area contributed by atoms with E-state index in [-0.39, 0.29) is 31.2 Å². The molecule has 0 amide bonds. The van der Waals surface area contributed by atoms with Gasteiger partial charge in [-0.25, -0.2) is 34.6 Å². The molecule has 1 saturated heterocycles. The monoisotopic (exact) mass is 346 g/mol. The van der Waals surface area contributed by atoms with Gasteiger partial charge in [0.25, 0.3) is 0 Å². The molecule has 21 heavy (non-hydrogen) atoms. The first-order valence-corrected chi connectivity index (χ1v) is 10.3. The van der Waals surface area contributed by atoms with E-state index in [0.717, 1.165) is 6.26 Å². The van der Waals surface area contributed by atoms with Gasteiger partial charge in [0.05, 0.1) is 12.0 Å². The molecule has 1 heterocycles. The number of sulfonamides is 2. The molecule has 0 aromatic heterocycles. The second-order valence-corrected chi connectivity index (χ2v) is 9.78. The maximum atomic E-state index is 13.2. The Hall–Kier alpha value is -0.320. The normalized spacial score (nSPS) is 28.2. The van der Waals surface area contributed by atoms with Crippen molar-refractivity contribution in [2.45, 2.75) is 37.6 Å². The molecule has 0 radical (unpaired) electrons. The average Bonchev–Trinajstić information content (AvgIpc) is 2.18. The van der Waals surface area contributed by atoms with E-state index in [4.69, 9.17) is 0 Å². The molecule has 1 unspecified atom stereocenters. The van der Waals surface area contributed by atoms with Crippen LogP contribution in [-0.4, -0.2) is 58.2 Å². The van der Waals surface area contributed by atoms with Crippen LogP contribution in [0.5, 0.6) is 0 Å². The largest absolute Gasteiger partial charge is 0.249 e. The summed E-state index contributed by atoms with van der Waals surface area (Å²) >= 11 is 0. The minimum absolute atomic E-state index is 0.167. The highest BCUT2D eigenvalue weighted by atomic mass is 32.2. The maximum Gasteiger partial charge on any atom is 0.249 e. The highest BCUT2D eigenvalue weighted by Gasteiger charge is 2.40. The molecule has 1 aliphatic heterocycles. The van der Waals surface area contributed by atoms with Gasteiger partial charge in [-0.15, -0.1) is 0 Å². The van der Waals surface area contributed by atoms with Gasteiger partial charge in [0.1, 0.15) is 0 Å². The number of nitrogens with one attached hydrogen (secondary N) is 1. The SMILES string of the molecule is CS(=O)(=O)N1CC(CS(=O)(=O)NC2CCCC(F)(F)C2)C1. The molecule has 1 N–H and O–H groups in total. The number of rotatable bonds is 5. The number of nitrogens with zero attached hydrogens (tertiary/aromatic N) is 1. The molecule has 124 valence electrons. The molecule has 0 bridgehead atoms. The summed E-state index contributed by atoms with van der Waals surface area (Å²) in [5.41, 5.74) is 0. The summed E-state index contributed by atoms with van der Waals surface area (Å²) in [4.78, 5) is 0. The van der Waals surface area contributed by atoms with E-state index < -0.39 is 38.4 Å². The van der Waals surface area contributed by atoms with Crippen LogP contribution in [0, 0.1) is 5.92 Å². The second-order valence-electron chi connectivity index (χ2n) is 5.99. The zero-order valence-electron chi connectivity index (χ0n) is 11.8. The van der Waals surface area contributed by atoms with Gasteiger partial charge in [0.15, 0.2) is 0 Å². The highest BCUT2D eigenvalue weighted by molar-refractivity contribution is 7.89. The van der Waals surface area contributed by atoms with Crippen molar-refractivity contribution in [1.29, 1.82) is 0 Å². The fourth-order valence-electron chi connectivity index (χ4n) is 2.78. The fraction of sp³-hybridized carbons (Fsp3) is 1.00. The Morgan fingerprint density at radius 2 is 1.86 bits per heavy atom. The van der Waals surface area contributed by atoms with E-state index in [0.29, 0.717) is 12.8 Å². The lowest BCUT2D eigenvalue weighted by atomic mass is 9.93. The van der Waals surface area contributed by atoms with Crippen LogP contribution in [0.15, 0.2) is 0 Å². The van der Waals surface area contributed by atoms with Gasteiger partial charge in [-0.3, -0.25) is 0 Å². The Morgan fingerprint density at radius 1 is 1.24 bits per heavy atom. The van der Waals surface area contributed by atoms with Gasteiger partial charge in [-0.1, -0.05) is 0 Å². The van der Waals surface area contributed by atoms with E-state index in [1.165, 1.54) is 4.31 Å². The first-order valence-electron chi connectivity index (χ1n) is 6.80. The Kier molecular flexibility index (Phi) is 4.63. The van der Waals surface area contributed by atoms with E-state index in [1.54, 1.807) is 0 Å². The Labute approximate surface area is 124 Å². The standard InChI is InChI=1S/C11H20F2N2O4S2/c1-20(16,17)15-6-9(7-15)8-21(18,19)14-10-3-2-4-11(12,13)5-10/h9-10,14H,2-8H2,1H3. The summed E-state index contributed by atoms with van der Waals surface area (Å²) < 4.78 is 76.3. The van der Waals surface area contributed by atoms with Gasteiger partial charge in [-0.05, 0) is 12.8 Å². The van der Waals surface area contributed by atoms with Crippen molar-refractivity contribution in [3.05, 3.63) is 0 Å². The third-order valence-corrected chi connectivity index (χ3v) is 6.67. The number of halogens is 2. The molecule has 2 rings (SSSR count). The minimum Gasteiger partial charge on any atom is -0.213 e. The van der Waals surface area contributed by atoms with Crippen LogP contribution in [0.2, 0.25) is 0 Å². The highest BCUT2D eigenvalue weighted by Crippen LogP contribution is 2.33. The molecule has 0 spiro atoms. The second kappa shape index (κ2) is 5.71. The molecule has 1 saturated carbocycles. The first-order chi connectivity index (χ1) is 9.47. The predicted molar refractivity (Wildman–Crippen MR) is 74.0 cm³/mol. The Bertz CT molecular complexity index is 585. The van der Waals surface area contributed by atoms with Gasteiger partial charge < -0.3 is 0 Å². The molecular weight excluding hydrogens is 326 g/mol. The van der Waals surface area contributed by atoms with Gasteiger partial charge in [0.2, 0.25) is 26.0 Å². The summed E-state index contributed by atoms with van der Waals surface area (Å²) in [5.74, 6) is -3.31. The van der Waals surface area contributed by atoms with Crippen molar-refractivity contribution in [3.8, 4) is 0 Å². The number of hydrogen-bond acceptors (Lipinski definition) is 4. The van der Waals surface area contributed by atoms with Crippen LogP contribution < -0.4 is 4.72 Å². The Balaban J connectivity index is 1.84. The summed E-state index contributed by atoms with van der Waals surface area (Å²) in [6, 6.07) is -0.732. The quantitative estimate of drug-likeness (QED) is 0.780. The summed E-state index contributed by atoms with van der Waals surface area (Å²) in [7, 11) is -6.94. The number of alkyl halides is 2. The van der Waals surface area contributed by atoms with Crippen LogP contribution in [0.4, 0.5) is 8.78 Å². The lowest BCUT2D eigenvalue weighted by molar-refractivity contribution is -0.0414. The average molecular weight is 346 g/mol. The minimum atomic E-state index is -3.67. The van der Waals surface area contributed by atoms with Gasteiger partial charge in [0, 0.05) is 37.9 Å². The zero-order valence-corrected chi connectivity index (χ0v) is 13.4. The van der Waals surface area contributed by atoms with Crippen LogP contribution in [0.1, 0.15) is 25.7 Å². The molecule has 10 heteroatoms. The third kappa shape index (κ3) is 4.83. The van der Waals surface area contributed by atoms with Crippen molar-refractivity contribution >= 4 is 20.0 Å². The topological polar surface area (TPSA) is 83.6 Å². The summed E-state index contributed by atoms with van der Waals surface area (Å²) in [6.07, 6.45) is 1.12. The number of hydrogen-bond donors (Lipinski definition) is 1. The summed E-state index contributed by atoms with van der Waals surface area (Å²) in [6.45, 7) is 0.334. The molecule has 2 fully saturated rings. The lowest BCUT2D eigenvalue weighted by Gasteiger charge is -2.37. The molecular formula is C11H20F2N2O4S2. The molecule has 0 aromatic rings. The zero-order chi connectivity index (χ0) is 15.9. The fourth-order valence-corrected chi connectivity index (χ4v) is 5.38. The lowest BCUT2D eigenvalue weighted by Crippen LogP contribution is -2.53. The van der Waals surface area contributed by atoms with E-state index in [2.05, 4.69) is 4.72 Å². The van der Waals surface area contributed by atoms with E-state index in [1.807, 2.05) is 0 Å². The maximum absolute atomic E-state index is 13.2. The molecule has 1 aliphatic carbocycles.